The van der Waals surface area contributed by atoms with E-state index >= 15 is 0 Å². The number of esters is 1. The number of nitrogens with zero attached hydrogens (tertiary/aromatic N) is 1. The molecule has 0 unspecified atom stereocenters. The molecule has 5 heteroatoms. The van der Waals surface area contributed by atoms with Crippen LogP contribution in [0.4, 0.5) is 0 Å². The highest BCUT2D eigenvalue weighted by Gasteiger charge is 2.19. The maximum Gasteiger partial charge on any atom is 0.334 e. The van der Waals surface area contributed by atoms with E-state index in [1.54, 1.807) is 11.8 Å². The first-order chi connectivity index (χ1) is 7.27. The second-order valence-corrected chi connectivity index (χ2v) is 5.19. The Bertz CT molecular complexity index is 309. The van der Waals surface area contributed by atoms with Gasteiger partial charge in [-0.1, -0.05) is 24.0 Å². The number of carbonyl (C=O) groups excluding carboxylic acids is 1. The number of thioether (sulfide) groups is 1. The molecule has 82 valence electrons. The first kappa shape index (κ1) is 11.0. The molecule has 2 aliphatic rings. The summed E-state index contributed by atoms with van der Waals surface area (Å²) in [6.07, 6.45) is 4.29. The van der Waals surface area contributed by atoms with Crippen LogP contribution >= 0.6 is 24.0 Å². The van der Waals surface area contributed by atoms with Crippen molar-refractivity contribution >= 4 is 34.3 Å². The van der Waals surface area contributed by atoms with Crippen molar-refractivity contribution in [3.63, 3.8) is 0 Å². The van der Waals surface area contributed by atoms with Crippen molar-refractivity contribution in [1.82, 2.24) is 4.90 Å². The molecule has 0 atom stereocenters. The van der Waals surface area contributed by atoms with Crippen molar-refractivity contribution in [2.24, 2.45) is 0 Å². The van der Waals surface area contributed by atoms with E-state index in [1.165, 1.54) is 12.8 Å². The van der Waals surface area contributed by atoms with E-state index < -0.39 is 0 Å². The van der Waals surface area contributed by atoms with Crippen LogP contribution in [0.25, 0.3) is 0 Å². The summed E-state index contributed by atoms with van der Waals surface area (Å²) >= 11 is 6.86. The van der Waals surface area contributed by atoms with Gasteiger partial charge in [0, 0.05) is 24.4 Å². The quantitative estimate of drug-likeness (QED) is 0.543. The maximum atomic E-state index is 11.1. The number of rotatable bonds is 2. The Balaban J connectivity index is 1.77. The van der Waals surface area contributed by atoms with Crippen LogP contribution in [0.1, 0.15) is 12.8 Å². The first-order valence-electron chi connectivity index (χ1n) is 5.05. The fourth-order valence-electron chi connectivity index (χ4n) is 1.64. The number of cyclic esters (lactones) is 1. The van der Waals surface area contributed by atoms with Crippen LogP contribution < -0.4 is 0 Å². The standard InChI is InChI=1S/C10H13NO2S2/c12-9-8(3-6-13-9)7-15-10(14)11-4-1-2-5-11/h3H,1-2,4-7H2. The maximum absolute atomic E-state index is 11.1. The summed E-state index contributed by atoms with van der Waals surface area (Å²) < 4.78 is 5.73. The molecule has 0 amide bonds. The third kappa shape index (κ3) is 2.72. The minimum absolute atomic E-state index is 0.188. The van der Waals surface area contributed by atoms with Crippen molar-refractivity contribution in [3.05, 3.63) is 11.6 Å². The van der Waals surface area contributed by atoms with Crippen molar-refractivity contribution in [2.75, 3.05) is 25.4 Å². The van der Waals surface area contributed by atoms with Crippen LogP contribution in [-0.4, -0.2) is 40.6 Å². The van der Waals surface area contributed by atoms with Gasteiger partial charge in [0.2, 0.25) is 0 Å². The van der Waals surface area contributed by atoms with Gasteiger partial charge in [-0.3, -0.25) is 0 Å². The molecule has 0 aromatic rings. The Morgan fingerprint density at radius 1 is 1.53 bits per heavy atom. The van der Waals surface area contributed by atoms with Crippen LogP contribution in [0.15, 0.2) is 11.6 Å². The van der Waals surface area contributed by atoms with E-state index in [9.17, 15) is 4.79 Å². The molecule has 1 saturated heterocycles. The lowest BCUT2D eigenvalue weighted by atomic mass is 10.3. The van der Waals surface area contributed by atoms with E-state index in [0.29, 0.717) is 12.4 Å². The van der Waals surface area contributed by atoms with E-state index in [2.05, 4.69) is 4.90 Å². The fourth-order valence-corrected chi connectivity index (χ4v) is 2.88. The number of likely N-dealkylation sites (tertiary alicyclic amines) is 1. The Hall–Kier alpha value is -0.550. The predicted octanol–water partition coefficient (Wildman–Crippen LogP) is 1.58. The number of hydrogen-bond acceptors (Lipinski definition) is 4. The third-order valence-electron chi connectivity index (χ3n) is 2.52. The molecule has 1 fully saturated rings. The van der Waals surface area contributed by atoms with E-state index in [0.717, 1.165) is 23.0 Å². The third-order valence-corrected chi connectivity index (χ3v) is 4.09. The molecule has 0 radical (unpaired) electrons. The molecule has 0 aromatic heterocycles. The zero-order valence-electron chi connectivity index (χ0n) is 8.40. The van der Waals surface area contributed by atoms with E-state index in [-0.39, 0.29) is 5.97 Å². The van der Waals surface area contributed by atoms with Gasteiger partial charge >= 0.3 is 5.97 Å². The number of carbonyl (C=O) groups is 1. The smallest absolute Gasteiger partial charge is 0.334 e. The average molecular weight is 243 g/mol. The predicted molar refractivity (Wildman–Crippen MR) is 64.9 cm³/mol. The molecule has 2 rings (SSSR count). The highest BCUT2D eigenvalue weighted by Crippen LogP contribution is 2.20. The van der Waals surface area contributed by atoms with Crippen molar-refractivity contribution in [1.29, 1.82) is 0 Å². The molecule has 2 aliphatic heterocycles. The van der Waals surface area contributed by atoms with Gasteiger partial charge in [0.05, 0.1) is 0 Å². The van der Waals surface area contributed by atoms with Gasteiger partial charge in [-0.05, 0) is 18.9 Å². The Kier molecular flexibility index (Phi) is 3.64. The van der Waals surface area contributed by atoms with Crippen molar-refractivity contribution < 1.29 is 9.53 Å². The molecule has 0 aromatic carbocycles. The van der Waals surface area contributed by atoms with Gasteiger partial charge in [0.15, 0.2) is 0 Å². The topological polar surface area (TPSA) is 29.5 Å². The van der Waals surface area contributed by atoms with E-state index in [1.807, 2.05) is 6.08 Å². The average Bonchev–Trinajstić information content (AvgIpc) is 2.85. The van der Waals surface area contributed by atoms with Crippen molar-refractivity contribution in [3.8, 4) is 0 Å². The summed E-state index contributed by atoms with van der Waals surface area (Å²) in [5.74, 6) is 0.459. The van der Waals surface area contributed by atoms with Crippen LogP contribution in [0, 0.1) is 0 Å². The summed E-state index contributed by atoms with van der Waals surface area (Å²) in [6, 6.07) is 0. The van der Waals surface area contributed by atoms with Crippen LogP contribution in [0.5, 0.6) is 0 Å². The summed E-state index contributed by atoms with van der Waals surface area (Å²) in [4.78, 5) is 13.4. The van der Waals surface area contributed by atoms with E-state index in [4.69, 9.17) is 17.0 Å². The zero-order chi connectivity index (χ0) is 10.7. The van der Waals surface area contributed by atoms with Gasteiger partial charge in [-0.15, -0.1) is 0 Å². The minimum Gasteiger partial charge on any atom is -0.458 e. The molecule has 3 nitrogen and oxygen atoms in total. The second-order valence-electron chi connectivity index (χ2n) is 3.58. The van der Waals surface area contributed by atoms with Gasteiger partial charge < -0.3 is 9.64 Å². The normalized spacial score (nSPS) is 20.4. The number of hydrogen-bond donors (Lipinski definition) is 0. The molecule has 15 heavy (non-hydrogen) atoms. The Labute approximate surface area is 98.8 Å². The highest BCUT2D eigenvalue weighted by atomic mass is 32.2. The van der Waals surface area contributed by atoms with Crippen LogP contribution in [0.2, 0.25) is 0 Å². The van der Waals surface area contributed by atoms with Crippen LogP contribution in [0.3, 0.4) is 0 Å². The Morgan fingerprint density at radius 2 is 2.27 bits per heavy atom. The summed E-state index contributed by atoms with van der Waals surface area (Å²) in [7, 11) is 0. The zero-order valence-corrected chi connectivity index (χ0v) is 10.0. The summed E-state index contributed by atoms with van der Waals surface area (Å²) in [5, 5.41) is 0. The van der Waals surface area contributed by atoms with Gasteiger partial charge in [0.1, 0.15) is 10.9 Å². The number of thiocarbonyl (C=S) groups is 1. The molecule has 0 N–H and O–H groups in total. The Morgan fingerprint density at radius 3 is 2.87 bits per heavy atom. The molecule has 0 aliphatic carbocycles. The molecular formula is C10H13NO2S2. The number of ether oxygens (including phenoxy) is 1. The van der Waals surface area contributed by atoms with Crippen LogP contribution in [-0.2, 0) is 9.53 Å². The van der Waals surface area contributed by atoms with Gasteiger partial charge in [-0.25, -0.2) is 4.79 Å². The lowest BCUT2D eigenvalue weighted by Gasteiger charge is -2.17. The SMILES string of the molecule is O=C1OCC=C1CSC(=S)N1CCCC1. The van der Waals surface area contributed by atoms with Gasteiger partial charge in [-0.2, -0.15) is 0 Å². The largest absolute Gasteiger partial charge is 0.458 e. The fraction of sp³-hybridized carbons (Fsp3) is 0.600. The molecule has 0 bridgehead atoms. The molecule has 0 saturated carbocycles. The minimum atomic E-state index is -0.188. The second kappa shape index (κ2) is 4.99. The molecular weight excluding hydrogens is 230 g/mol. The monoisotopic (exact) mass is 243 g/mol. The molecule has 0 spiro atoms. The summed E-state index contributed by atoms with van der Waals surface area (Å²) in [5.41, 5.74) is 0.751. The molecule has 2 heterocycles. The highest BCUT2D eigenvalue weighted by molar-refractivity contribution is 8.23. The van der Waals surface area contributed by atoms with Crippen molar-refractivity contribution in [2.45, 2.75) is 12.8 Å². The first-order valence-corrected chi connectivity index (χ1v) is 6.44. The lowest BCUT2D eigenvalue weighted by molar-refractivity contribution is -0.135. The lowest BCUT2D eigenvalue weighted by Crippen LogP contribution is -2.23. The summed E-state index contributed by atoms with van der Waals surface area (Å²) in [6.45, 7) is 2.55. The van der Waals surface area contributed by atoms with Gasteiger partial charge in [0.25, 0.3) is 0 Å².